The first kappa shape index (κ1) is 23.2. The first-order valence-electron chi connectivity index (χ1n) is 8.63. The number of halogens is 2. The molecule has 1 fully saturated rings. The molecular formula is C18H28BrIN4O2. The molecule has 0 aliphatic carbocycles. The highest BCUT2D eigenvalue weighted by Crippen LogP contribution is 2.13. The molecule has 1 atom stereocenters. The van der Waals surface area contributed by atoms with Gasteiger partial charge in [0.1, 0.15) is 0 Å². The third-order valence-electron chi connectivity index (χ3n) is 4.14. The number of carbonyl (C=O) groups excluding carboxylic acids is 1. The number of carbonyl (C=O) groups is 1. The molecule has 1 unspecified atom stereocenters. The molecule has 1 aromatic rings. The number of guanidine groups is 1. The molecule has 26 heavy (non-hydrogen) atoms. The van der Waals surface area contributed by atoms with E-state index in [9.17, 15) is 4.79 Å². The van der Waals surface area contributed by atoms with Crippen molar-refractivity contribution in [1.29, 1.82) is 0 Å². The minimum absolute atomic E-state index is 0. The smallest absolute Gasteiger partial charge is 0.251 e. The average Bonchev–Trinajstić information content (AvgIpc) is 3.10. The van der Waals surface area contributed by atoms with Gasteiger partial charge in [-0.05, 0) is 31.0 Å². The van der Waals surface area contributed by atoms with Gasteiger partial charge in [0, 0.05) is 56.3 Å². The minimum Gasteiger partial charge on any atom is -0.381 e. The fourth-order valence-corrected chi connectivity index (χ4v) is 3.21. The lowest BCUT2D eigenvalue weighted by atomic mass is 10.1. The Bertz CT molecular complexity index is 594. The zero-order valence-electron chi connectivity index (χ0n) is 15.3. The summed E-state index contributed by atoms with van der Waals surface area (Å²) in [6, 6.07) is 7.38. The van der Waals surface area contributed by atoms with Gasteiger partial charge in [-0.3, -0.25) is 9.79 Å². The highest BCUT2D eigenvalue weighted by atomic mass is 127. The van der Waals surface area contributed by atoms with Crippen LogP contribution in [-0.4, -0.2) is 63.7 Å². The summed E-state index contributed by atoms with van der Waals surface area (Å²) in [5.41, 5.74) is 0.664. The number of rotatable bonds is 7. The Labute approximate surface area is 181 Å². The summed E-state index contributed by atoms with van der Waals surface area (Å²) in [7, 11) is 3.84. The van der Waals surface area contributed by atoms with Gasteiger partial charge < -0.3 is 20.3 Å². The van der Waals surface area contributed by atoms with Gasteiger partial charge in [0.25, 0.3) is 5.91 Å². The molecule has 1 aliphatic rings. The molecule has 0 saturated carbocycles. The molecule has 1 amide bonds. The van der Waals surface area contributed by atoms with E-state index in [-0.39, 0.29) is 29.9 Å². The fourth-order valence-electron chi connectivity index (χ4n) is 2.81. The maximum absolute atomic E-state index is 12.1. The molecule has 1 aromatic carbocycles. The van der Waals surface area contributed by atoms with E-state index in [4.69, 9.17) is 4.74 Å². The van der Waals surface area contributed by atoms with Crippen molar-refractivity contribution in [1.82, 2.24) is 15.5 Å². The Morgan fingerprint density at radius 3 is 2.81 bits per heavy atom. The number of hydrogen-bond donors (Lipinski definition) is 2. The highest BCUT2D eigenvalue weighted by molar-refractivity contribution is 14.0. The quantitative estimate of drug-likeness (QED) is 0.242. The SMILES string of the molecule is CN=C(NCCCNC(=O)c1cccc(Br)c1)N(C)CC1CCOC1.I. The standard InChI is InChI=1S/C18H27BrN4O2.HI/c1-20-18(23(2)12-14-7-10-25-13-14)22-9-4-8-21-17(24)15-5-3-6-16(19)11-15;/h3,5-6,11,14H,4,7-10,12-13H2,1-2H3,(H,20,22)(H,21,24);1H. The van der Waals surface area contributed by atoms with Crippen LogP contribution in [0, 0.1) is 5.92 Å². The van der Waals surface area contributed by atoms with E-state index >= 15 is 0 Å². The molecule has 0 radical (unpaired) electrons. The molecule has 8 heteroatoms. The number of amides is 1. The van der Waals surface area contributed by atoms with Crippen LogP contribution >= 0.6 is 39.9 Å². The van der Waals surface area contributed by atoms with Crippen molar-refractivity contribution >= 4 is 51.8 Å². The lowest BCUT2D eigenvalue weighted by molar-refractivity contribution is 0.0953. The largest absolute Gasteiger partial charge is 0.381 e. The Kier molecular flexibility index (Phi) is 11.1. The van der Waals surface area contributed by atoms with E-state index in [0.29, 0.717) is 18.0 Å². The van der Waals surface area contributed by atoms with Crippen molar-refractivity contribution in [3.8, 4) is 0 Å². The van der Waals surface area contributed by atoms with Crippen LogP contribution in [0.1, 0.15) is 23.2 Å². The van der Waals surface area contributed by atoms with Crippen molar-refractivity contribution < 1.29 is 9.53 Å². The van der Waals surface area contributed by atoms with E-state index in [1.165, 1.54) is 0 Å². The van der Waals surface area contributed by atoms with E-state index in [0.717, 1.165) is 49.6 Å². The van der Waals surface area contributed by atoms with Crippen LogP contribution in [0.3, 0.4) is 0 Å². The predicted octanol–water partition coefficient (Wildman–Crippen LogP) is 2.73. The van der Waals surface area contributed by atoms with Crippen LogP contribution in [0.15, 0.2) is 33.7 Å². The summed E-state index contributed by atoms with van der Waals surface area (Å²) in [6.07, 6.45) is 1.95. The Hall–Kier alpha value is -0.870. The summed E-state index contributed by atoms with van der Waals surface area (Å²) in [6.45, 7) is 4.02. The van der Waals surface area contributed by atoms with Gasteiger partial charge in [-0.25, -0.2) is 0 Å². The van der Waals surface area contributed by atoms with E-state index < -0.39 is 0 Å². The Morgan fingerprint density at radius 2 is 2.15 bits per heavy atom. The molecule has 0 spiro atoms. The van der Waals surface area contributed by atoms with Crippen LogP contribution in [0.5, 0.6) is 0 Å². The third-order valence-corrected chi connectivity index (χ3v) is 4.63. The van der Waals surface area contributed by atoms with Crippen LogP contribution in [-0.2, 0) is 4.74 Å². The van der Waals surface area contributed by atoms with Crippen molar-refractivity contribution in [3.05, 3.63) is 34.3 Å². The van der Waals surface area contributed by atoms with E-state index in [1.807, 2.05) is 31.3 Å². The van der Waals surface area contributed by atoms with E-state index in [2.05, 4.69) is 36.5 Å². The number of nitrogens with zero attached hydrogens (tertiary/aromatic N) is 2. The van der Waals surface area contributed by atoms with Crippen molar-refractivity contribution in [3.63, 3.8) is 0 Å². The number of aliphatic imine (C=N–C) groups is 1. The monoisotopic (exact) mass is 538 g/mol. The summed E-state index contributed by atoms with van der Waals surface area (Å²) in [5, 5.41) is 6.28. The summed E-state index contributed by atoms with van der Waals surface area (Å²) in [4.78, 5) is 18.5. The summed E-state index contributed by atoms with van der Waals surface area (Å²) in [5.74, 6) is 1.40. The topological polar surface area (TPSA) is 66.0 Å². The molecule has 0 aromatic heterocycles. The molecule has 146 valence electrons. The lowest BCUT2D eigenvalue weighted by Crippen LogP contribution is -2.42. The zero-order chi connectivity index (χ0) is 18.1. The normalized spacial score (nSPS) is 16.7. The Balaban J connectivity index is 0.00000338. The van der Waals surface area contributed by atoms with Crippen molar-refractivity contribution in [2.45, 2.75) is 12.8 Å². The van der Waals surface area contributed by atoms with Gasteiger partial charge in [-0.15, -0.1) is 24.0 Å². The van der Waals surface area contributed by atoms with Gasteiger partial charge in [0.15, 0.2) is 5.96 Å². The molecule has 1 heterocycles. The number of hydrogen-bond acceptors (Lipinski definition) is 3. The lowest BCUT2D eigenvalue weighted by Gasteiger charge is -2.24. The van der Waals surface area contributed by atoms with Gasteiger partial charge in [-0.1, -0.05) is 22.0 Å². The molecule has 6 nitrogen and oxygen atoms in total. The van der Waals surface area contributed by atoms with Crippen LogP contribution < -0.4 is 10.6 Å². The van der Waals surface area contributed by atoms with Gasteiger partial charge >= 0.3 is 0 Å². The van der Waals surface area contributed by atoms with Gasteiger partial charge in [0.2, 0.25) is 0 Å². The second-order valence-electron chi connectivity index (χ2n) is 6.20. The maximum Gasteiger partial charge on any atom is 0.251 e. The summed E-state index contributed by atoms with van der Waals surface area (Å²) < 4.78 is 6.32. The minimum atomic E-state index is -0.0518. The van der Waals surface area contributed by atoms with Crippen LogP contribution in [0.2, 0.25) is 0 Å². The first-order valence-corrected chi connectivity index (χ1v) is 9.42. The number of nitrogens with one attached hydrogen (secondary N) is 2. The second-order valence-corrected chi connectivity index (χ2v) is 7.12. The zero-order valence-corrected chi connectivity index (χ0v) is 19.2. The molecule has 1 saturated heterocycles. The van der Waals surface area contributed by atoms with Crippen LogP contribution in [0.4, 0.5) is 0 Å². The maximum atomic E-state index is 12.1. The predicted molar refractivity (Wildman–Crippen MR) is 119 cm³/mol. The molecule has 0 bridgehead atoms. The number of ether oxygens (including phenoxy) is 1. The molecule has 2 N–H and O–H groups in total. The molecule has 1 aliphatic heterocycles. The van der Waals surface area contributed by atoms with Crippen LogP contribution in [0.25, 0.3) is 0 Å². The Morgan fingerprint density at radius 1 is 1.38 bits per heavy atom. The molecule has 2 rings (SSSR count). The average molecular weight is 539 g/mol. The molecular weight excluding hydrogens is 511 g/mol. The van der Waals surface area contributed by atoms with E-state index in [1.54, 1.807) is 7.05 Å². The summed E-state index contributed by atoms with van der Waals surface area (Å²) >= 11 is 3.38. The highest BCUT2D eigenvalue weighted by Gasteiger charge is 2.18. The van der Waals surface area contributed by atoms with Gasteiger partial charge in [-0.2, -0.15) is 0 Å². The van der Waals surface area contributed by atoms with Crippen molar-refractivity contribution in [2.24, 2.45) is 10.9 Å². The third kappa shape index (κ3) is 7.79. The fraction of sp³-hybridized carbons (Fsp3) is 0.556. The second kappa shape index (κ2) is 12.5. The first-order chi connectivity index (χ1) is 12.1. The van der Waals surface area contributed by atoms with Gasteiger partial charge in [0.05, 0.1) is 6.61 Å². The number of benzene rings is 1. The van der Waals surface area contributed by atoms with Crippen molar-refractivity contribution in [2.75, 3.05) is 46.9 Å².